The Morgan fingerprint density at radius 3 is 2.65 bits per heavy atom. The summed E-state index contributed by atoms with van der Waals surface area (Å²) in [6.45, 7) is 6.00. The summed E-state index contributed by atoms with van der Waals surface area (Å²) in [5, 5.41) is 6.51. The summed E-state index contributed by atoms with van der Waals surface area (Å²) in [6, 6.07) is 0.0116. The van der Waals surface area contributed by atoms with E-state index >= 15 is 0 Å². The van der Waals surface area contributed by atoms with Gasteiger partial charge in [-0.1, -0.05) is 26.2 Å². The minimum absolute atomic E-state index is 0. The Kier molecular flexibility index (Phi) is 9.18. The van der Waals surface area contributed by atoms with Crippen molar-refractivity contribution in [1.82, 2.24) is 10.6 Å². The number of hydrogen-bond donors (Lipinski definition) is 2. The lowest BCUT2D eigenvalue weighted by atomic mass is 9.81. The molecule has 1 aliphatic heterocycles. The van der Waals surface area contributed by atoms with Gasteiger partial charge in [-0.25, -0.2) is 8.42 Å². The zero-order valence-corrected chi connectivity index (χ0v) is 17.5. The maximum absolute atomic E-state index is 11.5. The molecule has 1 aliphatic carbocycles. The van der Waals surface area contributed by atoms with Crippen LogP contribution in [-0.2, 0) is 9.84 Å². The van der Waals surface area contributed by atoms with Crippen molar-refractivity contribution in [3.05, 3.63) is 0 Å². The zero-order chi connectivity index (χ0) is 16.0. The van der Waals surface area contributed by atoms with Gasteiger partial charge in [-0.3, -0.25) is 4.99 Å². The van der Waals surface area contributed by atoms with Gasteiger partial charge >= 0.3 is 0 Å². The Labute approximate surface area is 158 Å². The smallest absolute Gasteiger partial charge is 0.191 e. The van der Waals surface area contributed by atoms with Crippen molar-refractivity contribution >= 4 is 39.8 Å². The Morgan fingerprint density at radius 2 is 2.04 bits per heavy atom. The van der Waals surface area contributed by atoms with Crippen LogP contribution in [0.1, 0.15) is 52.4 Å². The van der Waals surface area contributed by atoms with Gasteiger partial charge in [-0.05, 0) is 38.0 Å². The standard InChI is InChI=1S/C16H31N3O2S.HI/c1-3-17-16(19-15-8-10-22(20,21)12-15)18-9-7-14-6-4-5-13(2)11-14;/h13-15H,3-12H2,1-2H3,(H2,17,18,19);1H. The maximum Gasteiger partial charge on any atom is 0.191 e. The van der Waals surface area contributed by atoms with Crippen LogP contribution in [0.3, 0.4) is 0 Å². The second-order valence-electron chi connectivity index (χ2n) is 6.93. The summed E-state index contributed by atoms with van der Waals surface area (Å²) in [5.41, 5.74) is 0. The molecule has 0 bridgehead atoms. The highest BCUT2D eigenvalue weighted by atomic mass is 127. The summed E-state index contributed by atoms with van der Waals surface area (Å²) < 4.78 is 23.1. The summed E-state index contributed by atoms with van der Waals surface area (Å²) in [5.74, 6) is 2.97. The molecule has 0 radical (unpaired) electrons. The second-order valence-corrected chi connectivity index (χ2v) is 9.16. The number of aliphatic imine (C=N–C) groups is 1. The number of halogens is 1. The number of hydrogen-bond acceptors (Lipinski definition) is 3. The Hall–Kier alpha value is -0.0500. The first-order valence-electron chi connectivity index (χ1n) is 8.73. The zero-order valence-electron chi connectivity index (χ0n) is 14.4. The molecule has 2 fully saturated rings. The molecule has 2 rings (SSSR count). The molecule has 2 aliphatic rings. The summed E-state index contributed by atoms with van der Waals surface area (Å²) in [7, 11) is -2.85. The number of nitrogens with zero attached hydrogens (tertiary/aromatic N) is 1. The molecule has 1 saturated carbocycles. The molecule has 0 amide bonds. The van der Waals surface area contributed by atoms with Gasteiger partial charge in [0.05, 0.1) is 11.5 Å². The average molecular weight is 457 g/mol. The number of rotatable bonds is 5. The highest BCUT2D eigenvalue weighted by Crippen LogP contribution is 2.30. The fourth-order valence-electron chi connectivity index (χ4n) is 3.60. The minimum Gasteiger partial charge on any atom is -0.357 e. The van der Waals surface area contributed by atoms with Gasteiger partial charge in [-0.2, -0.15) is 0 Å². The van der Waals surface area contributed by atoms with Crippen molar-refractivity contribution in [2.45, 2.75) is 58.4 Å². The van der Waals surface area contributed by atoms with Crippen LogP contribution in [0.15, 0.2) is 4.99 Å². The van der Waals surface area contributed by atoms with Crippen LogP contribution >= 0.6 is 24.0 Å². The third-order valence-corrected chi connectivity index (χ3v) is 6.54. The topological polar surface area (TPSA) is 70.6 Å². The van der Waals surface area contributed by atoms with Crippen LogP contribution in [0.2, 0.25) is 0 Å². The Morgan fingerprint density at radius 1 is 1.26 bits per heavy atom. The van der Waals surface area contributed by atoms with Gasteiger partial charge in [-0.15, -0.1) is 24.0 Å². The van der Waals surface area contributed by atoms with Crippen molar-refractivity contribution in [3.63, 3.8) is 0 Å². The fourth-order valence-corrected chi connectivity index (χ4v) is 5.28. The summed E-state index contributed by atoms with van der Waals surface area (Å²) in [6.07, 6.45) is 7.23. The van der Waals surface area contributed by atoms with Gasteiger partial charge in [0.25, 0.3) is 0 Å². The molecular formula is C16H32IN3O2S. The molecule has 0 aromatic rings. The van der Waals surface area contributed by atoms with Crippen LogP contribution in [0, 0.1) is 11.8 Å². The quantitative estimate of drug-likeness (QED) is 0.378. The number of guanidine groups is 1. The van der Waals surface area contributed by atoms with E-state index in [4.69, 9.17) is 0 Å². The molecule has 7 heteroatoms. The van der Waals surface area contributed by atoms with Crippen LogP contribution in [-0.4, -0.2) is 45.0 Å². The first kappa shape index (κ1) is 21.0. The Bertz CT molecular complexity index is 482. The molecule has 1 heterocycles. The van der Waals surface area contributed by atoms with E-state index in [1.165, 1.54) is 25.7 Å². The largest absolute Gasteiger partial charge is 0.357 e. The van der Waals surface area contributed by atoms with Gasteiger partial charge < -0.3 is 10.6 Å². The van der Waals surface area contributed by atoms with E-state index in [1.807, 2.05) is 6.92 Å². The molecule has 136 valence electrons. The van der Waals surface area contributed by atoms with Gasteiger partial charge in [0, 0.05) is 19.1 Å². The van der Waals surface area contributed by atoms with Crippen molar-refractivity contribution < 1.29 is 8.42 Å². The number of sulfone groups is 1. The normalized spacial score (nSPS) is 30.5. The second kappa shape index (κ2) is 10.1. The molecule has 1 saturated heterocycles. The van der Waals surface area contributed by atoms with E-state index < -0.39 is 9.84 Å². The van der Waals surface area contributed by atoms with Gasteiger partial charge in [0.2, 0.25) is 0 Å². The highest BCUT2D eigenvalue weighted by molar-refractivity contribution is 14.0. The minimum atomic E-state index is -2.85. The predicted octanol–water partition coefficient (Wildman–Crippen LogP) is 2.56. The molecule has 3 unspecified atom stereocenters. The number of nitrogens with one attached hydrogen (secondary N) is 2. The van der Waals surface area contributed by atoms with E-state index in [-0.39, 0.29) is 35.8 Å². The van der Waals surface area contributed by atoms with Crippen LogP contribution in [0.5, 0.6) is 0 Å². The highest BCUT2D eigenvalue weighted by Gasteiger charge is 2.28. The Balaban J connectivity index is 0.00000264. The fraction of sp³-hybridized carbons (Fsp3) is 0.938. The maximum atomic E-state index is 11.5. The predicted molar refractivity (Wildman–Crippen MR) is 107 cm³/mol. The summed E-state index contributed by atoms with van der Waals surface area (Å²) >= 11 is 0. The molecule has 0 aromatic carbocycles. The molecule has 23 heavy (non-hydrogen) atoms. The van der Waals surface area contributed by atoms with Crippen molar-refractivity contribution in [1.29, 1.82) is 0 Å². The first-order chi connectivity index (χ1) is 10.5. The molecule has 5 nitrogen and oxygen atoms in total. The lowest BCUT2D eigenvalue weighted by molar-refractivity contribution is 0.272. The van der Waals surface area contributed by atoms with Crippen LogP contribution < -0.4 is 10.6 Å². The molecule has 0 aromatic heterocycles. The van der Waals surface area contributed by atoms with Gasteiger partial charge in [0.1, 0.15) is 0 Å². The third-order valence-electron chi connectivity index (χ3n) is 4.77. The molecular weight excluding hydrogens is 425 g/mol. The van der Waals surface area contributed by atoms with E-state index in [1.54, 1.807) is 0 Å². The van der Waals surface area contributed by atoms with Crippen molar-refractivity contribution in [2.24, 2.45) is 16.8 Å². The van der Waals surface area contributed by atoms with E-state index in [0.717, 1.165) is 37.3 Å². The molecule has 2 N–H and O–H groups in total. The first-order valence-corrected chi connectivity index (χ1v) is 10.6. The summed E-state index contributed by atoms with van der Waals surface area (Å²) in [4.78, 5) is 4.64. The SMILES string of the molecule is CCNC(=NCCC1CCCC(C)C1)NC1CCS(=O)(=O)C1.I. The molecule has 0 spiro atoms. The van der Waals surface area contributed by atoms with Crippen LogP contribution in [0.25, 0.3) is 0 Å². The van der Waals surface area contributed by atoms with E-state index in [9.17, 15) is 8.42 Å². The molecule has 3 atom stereocenters. The third kappa shape index (κ3) is 7.58. The average Bonchev–Trinajstić information content (AvgIpc) is 2.78. The van der Waals surface area contributed by atoms with Crippen molar-refractivity contribution in [3.8, 4) is 0 Å². The van der Waals surface area contributed by atoms with Crippen molar-refractivity contribution in [2.75, 3.05) is 24.6 Å². The van der Waals surface area contributed by atoms with E-state index in [0.29, 0.717) is 12.2 Å². The lowest BCUT2D eigenvalue weighted by Crippen LogP contribution is -2.44. The van der Waals surface area contributed by atoms with E-state index in [2.05, 4.69) is 22.5 Å². The van der Waals surface area contributed by atoms with Gasteiger partial charge in [0.15, 0.2) is 15.8 Å². The lowest BCUT2D eigenvalue weighted by Gasteiger charge is -2.26. The van der Waals surface area contributed by atoms with Crippen LogP contribution in [0.4, 0.5) is 0 Å². The monoisotopic (exact) mass is 457 g/mol.